The third kappa shape index (κ3) is 2.54. The first-order valence-corrected chi connectivity index (χ1v) is 7.71. The average molecular weight is 376 g/mol. The van der Waals surface area contributed by atoms with Crippen LogP contribution in [0, 0.1) is 5.82 Å². The van der Waals surface area contributed by atoms with Crippen molar-refractivity contribution in [1.82, 2.24) is 0 Å². The quantitative estimate of drug-likeness (QED) is 0.629. The van der Waals surface area contributed by atoms with Crippen molar-refractivity contribution in [3.05, 3.63) is 62.3 Å². The minimum atomic E-state index is -0.497. The van der Waals surface area contributed by atoms with E-state index in [-0.39, 0.29) is 5.82 Å². The zero-order valence-corrected chi connectivity index (χ0v) is 13.4. The van der Waals surface area contributed by atoms with Crippen molar-refractivity contribution >= 4 is 39.1 Å². The molecule has 0 amide bonds. The van der Waals surface area contributed by atoms with E-state index in [1.807, 2.05) is 6.07 Å². The highest BCUT2D eigenvalue weighted by atomic mass is 79.9. The molecule has 3 rings (SSSR count). The summed E-state index contributed by atoms with van der Waals surface area (Å²) in [6.45, 7) is 0.626. The van der Waals surface area contributed by atoms with Gasteiger partial charge in [0.1, 0.15) is 11.6 Å². The van der Waals surface area contributed by atoms with Crippen LogP contribution in [0.3, 0.4) is 0 Å². The number of alkyl halides is 1. The highest BCUT2D eigenvalue weighted by Crippen LogP contribution is 2.41. The molecular weight excluding hydrogens is 366 g/mol. The summed E-state index contributed by atoms with van der Waals surface area (Å²) in [7, 11) is 0. The van der Waals surface area contributed by atoms with Crippen LogP contribution in [0.25, 0.3) is 0 Å². The van der Waals surface area contributed by atoms with Gasteiger partial charge in [0, 0.05) is 17.0 Å². The molecule has 0 radical (unpaired) electrons. The van der Waals surface area contributed by atoms with Crippen LogP contribution in [0.1, 0.15) is 22.1 Å². The lowest BCUT2D eigenvalue weighted by Gasteiger charge is -2.15. The molecule has 0 aromatic heterocycles. The van der Waals surface area contributed by atoms with E-state index in [1.165, 1.54) is 6.07 Å². The number of halogens is 4. The number of rotatable bonds is 2. The zero-order valence-electron chi connectivity index (χ0n) is 10.3. The van der Waals surface area contributed by atoms with E-state index in [9.17, 15) is 4.39 Å². The van der Waals surface area contributed by atoms with Crippen LogP contribution < -0.4 is 4.74 Å². The number of fused-ring (bicyclic) bond motifs is 1. The minimum absolute atomic E-state index is 0.340. The van der Waals surface area contributed by atoms with Crippen LogP contribution in [0.2, 0.25) is 5.02 Å². The van der Waals surface area contributed by atoms with Crippen molar-refractivity contribution in [2.24, 2.45) is 0 Å². The summed E-state index contributed by atoms with van der Waals surface area (Å²) in [6.07, 6.45) is 0.821. The molecule has 0 N–H and O–H groups in total. The van der Waals surface area contributed by atoms with Crippen LogP contribution in [0.15, 0.2) is 34.8 Å². The van der Waals surface area contributed by atoms with Gasteiger partial charge in [0.05, 0.1) is 16.5 Å². The van der Waals surface area contributed by atoms with Crippen molar-refractivity contribution in [3.8, 4) is 5.75 Å². The summed E-state index contributed by atoms with van der Waals surface area (Å²) in [5.74, 6) is 0.436. The second-order valence-corrected chi connectivity index (χ2v) is 6.35. The topological polar surface area (TPSA) is 9.23 Å². The van der Waals surface area contributed by atoms with Gasteiger partial charge in [-0.2, -0.15) is 0 Å². The first-order valence-electron chi connectivity index (χ1n) is 6.10. The molecule has 104 valence electrons. The highest BCUT2D eigenvalue weighted by molar-refractivity contribution is 9.10. The summed E-state index contributed by atoms with van der Waals surface area (Å²) in [4.78, 5) is 0. The third-order valence-electron chi connectivity index (χ3n) is 3.29. The van der Waals surface area contributed by atoms with E-state index in [2.05, 4.69) is 15.9 Å². The Bertz CT molecular complexity index is 675. The summed E-state index contributed by atoms with van der Waals surface area (Å²) in [6, 6.07) is 8.52. The lowest BCUT2D eigenvalue weighted by molar-refractivity contribution is 0.353. The standard InChI is InChI=1S/C15H10BrCl2FO/c16-12-2-1-8(6-13(12)19)14(18)11-7-10(17)5-9-3-4-20-15(9)11/h1-2,5-7,14H,3-4H2. The number of hydrogen-bond acceptors (Lipinski definition) is 1. The molecule has 2 aromatic rings. The normalized spacial score (nSPS) is 14.8. The Morgan fingerprint density at radius 2 is 2.05 bits per heavy atom. The smallest absolute Gasteiger partial charge is 0.137 e. The second kappa shape index (κ2) is 5.55. The largest absolute Gasteiger partial charge is 0.493 e. The predicted octanol–water partition coefficient (Wildman–Crippen LogP) is 5.50. The van der Waals surface area contributed by atoms with Gasteiger partial charge in [-0.1, -0.05) is 17.7 Å². The molecule has 20 heavy (non-hydrogen) atoms. The molecule has 0 bridgehead atoms. The average Bonchev–Trinajstić information content (AvgIpc) is 2.88. The van der Waals surface area contributed by atoms with Crippen molar-refractivity contribution in [3.63, 3.8) is 0 Å². The molecule has 1 nitrogen and oxygen atoms in total. The minimum Gasteiger partial charge on any atom is -0.493 e. The fraction of sp³-hybridized carbons (Fsp3) is 0.200. The number of ether oxygens (including phenoxy) is 1. The number of hydrogen-bond donors (Lipinski definition) is 0. The van der Waals surface area contributed by atoms with Gasteiger partial charge in [-0.15, -0.1) is 11.6 Å². The van der Waals surface area contributed by atoms with Crippen molar-refractivity contribution in [2.75, 3.05) is 6.61 Å². The first kappa shape index (κ1) is 14.2. The molecule has 1 unspecified atom stereocenters. The van der Waals surface area contributed by atoms with E-state index in [0.717, 1.165) is 23.3 Å². The molecule has 0 saturated carbocycles. The van der Waals surface area contributed by atoms with Crippen LogP contribution in [-0.4, -0.2) is 6.61 Å². The third-order valence-corrected chi connectivity index (χ3v) is 4.63. The molecule has 0 saturated heterocycles. The van der Waals surface area contributed by atoms with Crippen molar-refractivity contribution in [1.29, 1.82) is 0 Å². The van der Waals surface area contributed by atoms with Crippen molar-refractivity contribution < 1.29 is 9.13 Å². The van der Waals surface area contributed by atoms with Crippen LogP contribution in [0.5, 0.6) is 5.75 Å². The Balaban J connectivity index is 2.06. The molecule has 5 heteroatoms. The molecule has 1 heterocycles. The number of benzene rings is 2. The van der Waals surface area contributed by atoms with Crippen LogP contribution >= 0.6 is 39.1 Å². The Morgan fingerprint density at radius 1 is 1.25 bits per heavy atom. The first-order chi connectivity index (χ1) is 9.56. The van der Waals surface area contributed by atoms with Gasteiger partial charge in [0.2, 0.25) is 0 Å². The van der Waals surface area contributed by atoms with Gasteiger partial charge in [-0.25, -0.2) is 4.39 Å². The second-order valence-electron chi connectivity index (χ2n) is 4.62. The van der Waals surface area contributed by atoms with Gasteiger partial charge >= 0.3 is 0 Å². The lowest BCUT2D eigenvalue weighted by Crippen LogP contribution is -1.98. The molecule has 0 spiro atoms. The fourth-order valence-corrected chi connectivity index (χ4v) is 3.13. The maximum absolute atomic E-state index is 13.6. The van der Waals surface area contributed by atoms with Gasteiger partial charge < -0.3 is 4.74 Å². The van der Waals surface area contributed by atoms with Gasteiger partial charge in [0.25, 0.3) is 0 Å². The summed E-state index contributed by atoms with van der Waals surface area (Å²) in [5, 5.41) is 0.121. The Kier molecular flexibility index (Phi) is 3.93. The van der Waals surface area contributed by atoms with Crippen LogP contribution in [0.4, 0.5) is 4.39 Å². The van der Waals surface area contributed by atoms with E-state index < -0.39 is 5.38 Å². The van der Waals surface area contributed by atoms with E-state index in [0.29, 0.717) is 21.7 Å². The maximum Gasteiger partial charge on any atom is 0.137 e. The fourth-order valence-electron chi connectivity index (χ4n) is 2.34. The molecule has 0 aliphatic carbocycles. The summed E-state index contributed by atoms with van der Waals surface area (Å²) >= 11 is 15.7. The lowest BCUT2D eigenvalue weighted by atomic mass is 10.0. The molecular formula is C15H10BrCl2FO. The van der Waals surface area contributed by atoms with Gasteiger partial charge in [-0.05, 0) is 51.3 Å². The predicted molar refractivity (Wildman–Crippen MR) is 82.4 cm³/mol. The molecule has 1 aliphatic heterocycles. The molecule has 2 aromatic carbocycles. The van der Waals surface area contributed by atoms with E-state index >= 15 is 0 Å². The zero-order chi connectivity index (χ0) is 14.3. The monoisotopic (exact) mass is 374 g/mol. The van der Waals surface area contributed by atoms with E-state index in [1.54, 1.807) is 18.2 Å². The van der Waals surface area contributed by atoms with Gasteiger partial charge in [0.15, 0.2) is 0 Å². The Labute approximate surface area is 134 Å². The SMILES string of the molecule is Fc1cc(C(Cl)c2cc(Cl)cc3c2OCC3)ccc1Br. The summed E-state index contributed by atoms with van der Waals surface area (Å²) in [5.41, 5.74) is 2.51. The Morgan fingerprint density at radius 3 is 2.80 bits per heavy atom. The molecule has 1 aliphatic rings. The highest BCUT2D eigenvalue weighted by Gasteiger charge is 2.23. The molecule has 1 atom stereocenters. The molecule has 0 fully saturated rings. The van der Waals surface area contributed by atoms with Crippen LogP contribution in [-0.2, 0) is 6.42 Å². The maximum atomic E-state index is 13.6. The van der Waals surface area contributed by atoms with Crippen molar-refractivity contribution in [2.45, 2.75) is 11.8 Å². The summed E-state index contributed by atoms with van der Waals surface area (Å²) < 4.78 is 19.7. The van der Waals surface area contributed by atoms with Gasteiger partial charge in [-0.3, -0.25) is 0 Å². The van der Waals surface area contributed by atoms with E-state index in [4.69, 9.17) is 27.9 Å². The Hall–Kier alpha value is -0.770.